The molecule has 130 valence electrons. The Labute approximate surface area is 154 Å². The summed E-state index contributed by atoms with van der Waals surface area (Å²) >= 11 is 6.22. The van der Waals surface area contributed by atoms with Gasteiger partial charge in [0.2, 0.25) is 0 Å². The van der Waals surface area contributed by atoms with Gasteiger partial charge in [0.15, 0.2) is 0 Å². The largest absolute Gasteiger partial charge is 0.308 e. The summed E-state index contributed by atoms with van der Waals surface area (Å²) in [5.74, 6) is 0. The number of fused-ring (bicyclic) bond motifs is 1. The molecule has 0 spiro atoms. The lowest BCUT2D eigenvalue weighted by molar-refractivity contribution is 0.738. The Kier molecular flexibility index (Phi) is 4.01. The van der Waals surface area contributed by atoms with E-state index < -0.39 is 0 Å². The summed E-state index contributed by atoms with van der Waals surface area (Å²) in [4.78, 5) is 25.6. The second-order valence-electron chi connectivity index (χ2n) is 6.13. The van der Waals surface area contributed by atoms with Gasteiger partial charge in [0.05, 0.1) is 28.2 Å². The Bertz CT molecular complexity index is 1220. The van der Waals surface area contributed by atoms with Gasteiger partial charge >= 0.3 is 0 Å². The van der Waals surface area contributed by atoms with Crippen LogP contribution in [0.15, 0.2) is 70.3 Å². The minimum absolute atomic E-state index is 0.161. The van der Waals surface area contributed by atoms with Crippen LogP contribution in [-0.4, -0.2) is 14.3 Å². The molecule has 5 nitrogen and oxygen atoms in total. The molecule has 2 heterocycles. The number of nitrogens with one attached hydrogen (secondary N) is 1. The SMILES string of the molecule is Cc1c2c(=O)n(-c3ccccc3Cl)[nH]c2cc(=O)n1Cc1ccccc1. The first-order valence-electron chi connectivity index (χ1n) is 8.20. The van der Waals surface area contributed by atoms with E-state index in [0.717, 1.165) is 5.56 Å². The van der Waals surface area contributed by atoms with Gasteiger partial charge in [0.25, 0.3) is 11.1 Å². The second kappa shape index (κ2) is 6.35. The Morgan fingerprint density at radius 1 is 1.00 bits per heavy atom. The number of rotatable bonds is 3. The highest BCUT2D eigenvalue weighted by atomic mass is 35.5. The second-order valence-corrected chi connectivity index (χ2v) is 6.54. The van der Waals surface area contributed by atoms with Crippen LogP contribution < -0.4 is 11.1 Å². The first-order chi connectivity index (χ1) is 12.6. The third kappa shape index (κ3) is 2.66. The molecule has 0 aliphatic heterocycles. The van der Waals surface area contributed by atoms with Crippen LogP contribution in [0.25, 0.3) is 16.6 Å². The normalized spacial score (nSPS) is 11.2. The van der Waals surface area contributed by atoms with Crippen molar-refractivity contribution in [1.82, 2.24) is 14.3 Å². The first kappa shape index (κ1) is 16.4. The first-order valence-corrected chi connectivity index (χ1v) is 8.58. The number of para-hydroxylation sites is 1. The number of hydrogen-bond donors (Lipinski definition) is 1. The van der Waals surface area contributed by atoms with Crippen molar-refractivity contribution in [1.29, 1.82) is 0 Å². The number of halogens is 1. The number of nitrogens with zero attached hydrogens (tertiary/aromatic N) is 2. The zero-order valence-corrected chi connectivity index (χ0v) is 14.8. The predicted molar refractivity (Wildman–Crippen MR) is 103 cm³/mol. The molecule has 0 saturated carbocycles. The van der Waals surface area contributed by atoms with Crippen LogP contribution in [0.1, 0.15) is 11.3 Å². The molecule has 26 heavy (non-hydrogen) atoms. The maximum Gasteiger partial charge on any atom is 0.280 e. The molecule has 0 unspecified atom stereocenters. The van der Waals surface area contributed by atoms with Crippen molar-refractivity contribution in [3.05, 3.63) is 97.7 Å². The van der Waals surface area contributed by atoms with Gasteiger partial charge in [-0.3, -0.25) is 14.7 Å². The summed E-state index contributed by atoms with van der Waals surface area (Å²) in [7, 11) is 0. The van der Waals surface area contributed by atoms with Crippen molar-refractivity contribution in [3.8, 4) is 5.69 Å². The van der Waals surface area contributed by atoms with Crippen molar-refractivity contribution >= 4 is 22.5 Å². The molecule has 0 aliphatic carbocycles. The summed E-state index contributed by atoms with van der Waals surface area (Å²) < 4.78 is 3.00. The van der Waals surface area contributed by atoms with Gasteiger partial charge in [0.1, 0.15) is 0 Å². The third-order valence-corrected chi connectivity index (χ3v) is 4.82. The van der Waals surface area contributed by atoms with Gasteiger partial charge in [-0.1, -0.05) is 54.1 Å². The van der Waals surface area contributed by atoms with Crippen molar-refractivity contribution in [2.75, 3.05) is 0 Å². The molecule has 2 aromatic carbocycles. The van der Waals surface area contributed by atoms with Gasteiger partial charge in [-0.15, -0.1) is 0 Å². The molecule has 1 N–H and O–H groups in total. The van der Waals surface area contributed by atoms with Crippen LogP contribution in [0.5, 0.6) is 0 Å². The van der Waals surface area contributed by atoms with Gasteiger partial charge in [0, 0.05) is 11.8 Å². The summed E-state index contributed by atoms with van der Waals surface area (Å²) in [5.41, 5.74) is 2.29. The number of benzene rings is 2. The highest BCUT2D eigenvalue weighted by molar-refractivity contribution is 6.32. The number of aromatic nitrogens is 3. The zero-order chi connectivity index (χ0) is 18.3. The van der Waals surface area contributed by atoms with E-state index in [-0.39, 0.29) is 11.1 Å². The molecule has 0 fully saturated rings. The number of pyridine rings is 1. The maximum atomic E-state index is 13.0. The quantitative estimate of drug-likeness (QED) is 0.604. The molecule has 6 heteroatoms. The lowest BCUT2D eigenvalue weighted by Gasteiger charge is -2.10. The Morgan fingerprint density at radius 3 is 2.42 bits per heavy atom. The molecule has 0 aliphatic rings. The van der Waals surface area contributed by atoms with Crippen LogP contribution >= 0.6 is 11.6 Å². The molecular weight excluding hydrogens is 350 g/mol. The summed E-state index contributed by atoms with van der Waals surface area (Å²) in [6, 6.07) is 18.2. The number of hydrogen-bond acceptors (Lipinski definition) is 2. The van der Waals surface area contributed by atoms with Crippen LogP contribution in [-0.2, 0) is 6.54 Å². The van der Waals surface area contributed by atoms with E-state index in [4.69, 9.17) is 11.6 Å². The highest BCUT2D eigenvalue weighted by Crippen LogP contribution is 2.20. The summed E-state index contributed by atoms with van der Waals surface area (Å²) in [6.45, 7) is 2.21. The molecule has 0 amide bonds. The van der Waals surface area contributed by atoms with Gasteiger partial charge < -0.3 is 4.57 Å². The van der Waals surface area contributed by atoms with Crippen LogP contribution in [0.3, 0.4) is 0 Å². The Hall–Kier alpha value is -3.05. The van der Waals surface area contributed by atoms with E-state index in [2.05, 4.69) is 5.10 Å². The molecular formula is C20H16ClN3O2. The molecule has 4 aromatic rings. The molecule has 0 atom stereocenters. The lowest BCUT2D eigenvalue weighted by Crippen LogP contribution is -2.23. The molecule has 4 rings (SSSR count). The molecule has 0 saturated heterocycles. The fourth-order valence-corrected chi connectivity index (χ4v) is 3.40. The van der Waals surface area contributed by atoms with Crippen LogP contribution in [0, 0.1) is 6.92 Å². The van der Waals surface area contributed by atoms with Gasteiger partial charge in [-0.2, -0.15) is 0 Å². The number of aryl methyl sites for hydroxylation is 1. The average Bonchev–Trinajstić information content (AvgIpc) is 2.96. The predicted octanol–water partition coefficient (Wildman–Crippen LogP) is 3.49. The standard InChI is InChI=1S/C20H16ClN3O2/c1-13-19-16(11-18(25)23(13)12-14-7-3-2-4-8-14)22-24(20(19)26)17-10-6-5-9-15(17)21/h2-11,22H,12H2,1H3. The minimum Gasteiger partial charge on any atom is -0.308 e. The highest BCUT2D eigenvalue weighted by Gasteiger charge is 2.16. The van der Waals surface area contributed by atoms with E-state index in [1.807, 2.05) is 30.3 Å². The number of aromatic amines is 1. The van der Waals surface area contributed by atoms with E-state index in [1.54, 1.807) is 35.8 Å². The maximum absolute atomic E-state index is 13.0. The van der Waals surface area contributed by atoms with Crippen LogP contribution in [0.4, 0.5) is 0 Å². The van der Waals surface area contributed by atoms with E-state index in [0.29, 0.717) is 33.9 Å². The monoisotopic (exact) mass is 365 g/mol. The number of H-pyrrole nitrogens is 1. The topological polar surface area (TPSA) is 59.8 Å². The van der Waals surface area contributed by atoms with E-state index in [9.17, 15) is 9.59 Å². The minimum atomic E-state index is -0.229. The Balaban J connectivity index is 1.93. The zero-order valence-electron chi connectivity index (χ0n) is 14.1. The molecule has 0 radical (unpaired) electrons. The Morgan fingerprint density at radius 2 is 1.69 bits per heavy atom. The third-order valence-electron chi connectivity index (χ3n) is 4.50. The smallest absolute Gasteiger partial charge is 0.280 e. The molecule has 2 aromatic heterocycles. The fourth-order valence-electron chi connectivity index (χ4n) is 3.18. The van der Waals surface area contributed by atoms with Crippen molar-refractivity contribution in [2.45, 2.75) is 13.5 Å². The van der Waals surface area contributed by atoms with Crippen molar-refractivity contribution < 1.29 is 0 Å². The molecule has 0 bridgehead atoms. The summed E-state index contributed by atoms with van der Waals surface area (Å²) in [6.07, 6.45) is 0. The van der Waals surface area contributed by atoms with Gasteiger partial charge in [-0.25, -0.2) is 4.68 Å². The van der Waals surface area contributed by atoms with Crippen LogP contribution in [0.2, 0.25) is 5.02 Å². The van der Waals surface area contributed by atoms with E-state index in [1.165, 1.54) is 10.7 Å². The van der Waals surface area contributed by atoms with Crippen molar-refractivity contribution in [2.24, 2.45) is 0 Å². The van der Waals surface area contributed by atoms with Gasteiger partial charge in [-0.05, 0) is 24.6 Å². The van der Waals surface area contributed by atoms with Crippen molar-refractivity contribution in [3.63, 3.8) is 0 Å². The lowest BCUT2D eigenvalue weighted by atomic mass is 10.2. The van der Waals surface area contributed by atoms with E-state index >= 15 is 0 Å². The summed E-state index contributed by atoms with van der Waals surface area (Å²) in [5, 5.41) is 3.94. The fraction of sp³-hybridized carbons (Fsp3) is 0.100. The average molecular weight is 366 g/mol.